The first-order valence-corrected chi connectivity index (χ1v) is 5.26. The summed E-state index contributed by atoms with van der Waals surface area (Å²) < 4.78 is 0. The number of fused-ring (bicyclic) bond motifs is 1. The topological polar surface area (TPSA) is 20.2 Å². The normalized spacial score (nSPS) is 10.5. The van der Waals surface area contributed by atoms with E-state index in [1.807, 2.05) is 48.6 Å². The van der Waals surface area contributed by atoms with E-state index in [1.165, 1.54) is 0 Å². The molecule has 4 heteroatoms. The van der Waals surface area contributed by atoms with Gasteiger partial charge in [-0.2, -0.15) is 6.08 Å². The molecule has 3 rings (SSSR count). The van der Waals surface area contributed by atoms with Crippen LogP contribution in [0.3, 0.4) is 0 Å². The van der Waals surface area contributed by atoms with Crippen LogP contribution in [0.25, 0.3) is 10.8 Å². The molecule has 19 heavy (non-hydrogen) atoms. The van der Waals surface area contributed by atoms with E-state index < -0.39 is 0 Å². The van der Waals surface area contributed by atoms with Crippen molar-refractivity contribution >= 4 is 10.8 Å². The number of rotatable bonds is 0. The Morgan fingerprint density at radius 3 is 2.16 bits per heavy atom. The van der Waals surface area contributed by atoms with Gasteiger partial charge in [-0.25, -0.2) is 12.2 Å². The van der Waals surface area contributed by atoms with E-state index in [0.29, 0.717) is 5.75 Å². The molecule has 0 bridgehead atoms. The summed E-state index contributed by atoms with van der Waals surface area (Å²) in [6.45, 7) is 0. The van der Waals surface area contributed by atoms with Crippen molar-refractivity contribution in [2.45, 2.75) is 6.42 Å². The van der Waals surface area contributed by atoms with Gasteiger partial charge in [-0.1, -0.05) is 36.4 Å². The van der Waals surface area contributed by atoms with Crippen molar-refractivity contribution in [1.82, 2.24) is 0 Å². The second-order valence-electron chi connectivity index (χ2n) is 3.50. The molecule has 0 fully saturated rings. The van der Waals surface area contributed by atoms with Crippen LogP contribution in [-0.2, 0) is 21.7 Å². The van der Waals surface area contributed by atoms with Crippen molar-refractivity contribution < 1.29 is 51.6 Å². The number of benzene rings is 2. The number of hydrogen-bond donors (Lipinski definition) is 1. The van der Waals surface area contributed by atoms with Gasteiger partial charge in [-0.05, 0) is 11.5 Å². The van der Waals surface area contributed by atoms with Crippen molar-refractivity contribution in [3.63, 3.8) is 0 Å². The zero-order chi connectivity index (χ0) is 11.2. The van der Waals surface area contributed by atoms with Crippen LogP contribution >= 0.6 is 0 Å². The molecule has 0 saturated carbocycles. The molecule has 0 spiro atoms. The van der Waals surface area contributed by atoms with Crippen molar-refractivity contribution in [3.05, 3.63) is 66.8 Å². The number of phenols is 1. The molecule has 0 aromatic heterocycles. The Morgan fingerprint density at radius 2 is 1.63 bits per heavy atom. The predicted octanol–water partition coefficient (Wildman–Crippen LogP) is -2.14. The zero-order valence-corrected chi connectivity index (χ0v) is 13.3. The minimum Gasteiger partial charge on any atom is -1.00 e. The van der Waals surface area contributed by atoms with E-state index in [0.717, 1.165) is 17.2 Å². The van der Waals surface area contributed by atoms with Gasteiger partial charge in [0.25, 0.3) is 0 Å². The maximum absolute atomic E-state index is 9.37. The molecular weight excluding hydrogens is 315 g/mol. The van der Waals surface area contributed by atoms with E-state index in [-0.39, 0.29) is 46.5 Å². The van der Waals surface area contributed by atoms with Gasteiger partial charge in [0.05, 0.1) is 0 Å². The first kappa shape index (κ1) is 20.6. The third-order valence-electron chi connectivity index (χ3n) is 2.35. The average Bonchev–Trinajstić information content (AvgIpc) is 2.88. The Morgan fingerprint density at radius 1 is 0.947 bits per heavy atom. The van der Waals surface area contributed by atoms with E-state index in [1.54, 1.807) is 6.07 Å². The molecule has 1 nitrogen and oxygen atoms in total. The van der Waals surface area contributed by atoms with Gasteiger partial charge in [-0.3, -0.25) is 6.08 Å². The standard InChI is InChI=1S/C10H8O.C5H5.2ClH.Ti/c11-10-7-3-5-8-4-1-2-6-9(8)10;1-2-4-5-3-1;;;/h1-7,11H;1-3H,4H2;2*1H;/q;-1;;;+3/p-2. The molecule has 0 saturated heterocycles. The fourth-order valence-corrected chi connectivity index (χ4v) is 1.55. The zero-order valence-electron chi connectivity index (χ0n) is 10.2. The molecule has 0 unspecified atom stereocenters. The van der Waals surface area contributed by atoms with Crippen molar-refractivity contribution in [2.24, 2.45) is 0 Å². The first-order valence-electron chi connectivity index (χ1n) is 5.26. The van der Waals surface area contributed by atoms with Gasteiger partial charge in [0.2, 0.25) is 0 Å². The third kappa shape index (κ3) is 6.31. The Kier molecular flexibility index (Phi) is 12.1. The van der Waals surface area contributed by atoms with Gasteiger partial charge in [0.1, 0.15) is 5.75 Å². The summed E-state index contributed by atoms with van der Waals surface area (Å²) in [4.78, 5) is 0. The summed E-state index contributed by atoms with van der Waals surface area (Å²) >= 11 is 0. The van der Waals surface area contributed by atoms with Crippen LogP contribution in [0.4, 0.5) is 0 Å². The number of allylic oxidation sites excluding steroid dienone is 4. The van der Waals surface area contributed by atoms with Crippen LogP contribution in [0.1, 0.15) is 6.42 Å². The van der Waals surface area contributed by atoms with Crippen molar-refractivity contribution in [2.75, 3.05) is 0 Å². The second-order valence-corrected chi connectivity index (χ2v) is 3.50. The van der Waals surface area contributed by atoms with Gasteiger partial charge in [0.15, 0.2) is 0 Å². The largest absolute Gasteiger partial charge is 3.00 e. The van der Waals surface area contributed by atoms with Gasteiger partial charge in [-0.15, -0.1) is 6.42 Å². The molecule has 2 aromatic carbocycles. The molecule has 0 heterocycles. The smallest absolute Gasteiger partial charge is 1.00 e. The second kappa shape index (κ2) is 11.1. The molecule has 2 aromatic rings. The SMILES string of the molecule is Oc1cccc2ccccc12.[C-]1=CC=CC1.[Cl-].[Cl-].[Ti+3]. The minimum absolute atomic E-state index is 0. The Hall–Kier alpha value is -0.726. The van der Waals surface area contributed by atoms with E-state index in [9.17, 15) is 5.11 Å². The van der Waals surface area contributed by atoms with Crippen molar-refractivity contribution in [1.29, 1.82) is 0 Å². The Labute approximate surface area is 141 Å². The summed E-state index contributed by atoms with van der Waals surface area (Å²) in [5.41, 5.74) is 0. The molecule has 1 aliphatic carbocycles. The predicted molar refractivity (Wildman–Crippen MR) is 67.2 cm³/mol. The number of aromatic hydroxyl groups is 1. The van der Waals surface area contributed by atoms with E-state index in [4.69, 9.17) is 0 Å². The van der Waals surface area contributed by atoms with Gasteiger partial charge < -0.3 is 29.9 Å². The summed E-state index contributed by atoms with van der Waals surface area (Å²) in [6, 6.07) is 13.3. The molecular formula is C15H13Cl2OTi. The third-order valence-corrected chi connectivity index (χ3v) is 2.35. The Balaban J connectivity index is 0. The molecule has 0 atom stereocenters. The molecule has 97 valence electrons. The van der Waals surface area contributed by atoms with Crippen LogP contribution in [-0.4, -0.2) is 5.11 Å². The monoisotopic (exact) mass is 327 g/mol. The van der Waals surface area contributed by atoms with Crippen LogP contribution in [0, 0.1) is 6.08 Å². The van der Waals surface area contributed by atoms with Crippen LogP contribution < -0.4 is 24.8 Å². The summed E-state index contributed by atoms with van der Waals surface area (Å²) in [6.07, 6.45) is 10.0. The summed E-state index contributed by atoms with van der Waals surface area (Å²) in [5.74, 6) is 0.350. The quantitative estimate of drug-likeness (QED) is 0.432. The van der Waals surface area contributed by atoms with E-state index in [2.05, 4.69) is 12.2 Å². The summed E-state index contributed by atoms with van der Waals surface area (Å²) in [7, 11) is 0. The number of phenolic OH excluding ortho intramolecular Hbond substituents is 1. The maximum Gasteiger partial charge on any atom is 3.00 e. The molecule has 1 radical (unpaired) electrons. The van der Waals surface area contributed by atoms with Gasteiger partial charge >= 0.3 is 21.7 Å². The molecule has 1 N–H and O–H groups in total. The van der Waals surface area contributed by atoms with Crippen LogP contribution in [0.15, 0.2) is 60.7 Å². The molecule has 0 amide bonds. The minimum atomic E-state index is 0. The van der Waals surface area contributed by atoms with Crippen LogP contribution in [0.2, 0.25) is 0 Å². The van der Waals surface area contributed by atoms with Gasteiger partial charge in [0, 0.05) is 5.39 Å². The summed E-state index contributed by atoms with van der Waals surface area (Å²) in [5, 5.41) is 11.4. The fourth-order valence-electron chi connectivity index (χ4n) is 1.55. The Bertz CT molecular complexity index is 523. The first-order chi connectivity index (χ1) is 7.88. The van der Waals surface area contributed by atoms with E-state index >= 15 is 0 Å². The van der Waals surface area contributed by atoms with Crippen LogP contribution in [0.5, 0.6) is 5.75 Å². The fraction of sp³-hybridized carbons (Fsp3) is 0.0667. The average molecular weight is 328 g/mol. The molecule has 0 aliphatic heterocycles. The number of hydrogen-bond acceptors (Lipinski definition) is 1. The van der Waals surface area contributed by atoms with Crippen molar-refractivity contribution in [3.8, 4) is 5.75 Å². The molecule has 1 aliphatic rings. The number of halogens is 2. The maximum atomic E-state index is 9.37.